The van der Waals surface area contributed by atoms with Gasteiger partial charge in [0.25, 0.3) is 10.0 Å². The van der Waals surface area contributed by atoms with Crippen molar-refractivity contribution < 1.29 is 8.42 Å². The van der Waals surface area contributed by atoms with Crippen molar-refractivity contribution in [2.24, 2.45) is 0 Å². The second kappa shape index (κ2) is 6.43. The predicted molar refractivity (Wildman–Crippen MR) is 88.8 cm³/mol. The number of sulfonamides is 1. The van der Waals surface area contributed by atoms with Crippen molar-refractivity contribution in [2.45, 2.75) is 38.1 Å². The number of aromatic nitrogens is 1. The zero-order valence-electron chi connectivity index (χ0n) is 12.4. The van der Waals surface area contributed by atoms with Crippen molar-refractivity contribution in [2.75, 3.05) is 11.8 Å². The Kier molecular flexibility index (Phi) is 5.03. The van der Waals surface area contributed by atoms with E-state index in [4.69, 9.17) is 0 Å². The van der Waals surface area contributed by atoms with Crippen molar-refractivity contribution in [3.8, 4) is 0 Å². The summed E-state index contributed by atoms with van der Waals surface area (Å²) in [5, 5.41) is 5.33. The summed E-state index contributed by atoms with van der Waals surface area (Å²) < 4.78 is 27.5. The minimum absolute atomic E-state index is 0.282. The van der Waals surface area contributed by atoms with E-state index in [1.807, 2.05) is 33.2 Å². The van der Waals surface area contributed by atoms with E-state index in [0.717, 1.165) is 15.4 Å². The summed E-state index contributed by atoms with van der Waals surface area (Å²) >= 11 is 2.80. The minimum Gasteiger partial charge on any atom is -0.315 e. The molecule has 116 valence electrons. The molecule has 5 nitrogen and oxygen atoms in total. The molecule has 0 bridgehead atoms. The quantitative estimate of drug-likeness (QED) is 0.844. The summed E-state index contributed by atoms with van der Waals surface area (Å²) in [4.78, 5) is 6.43. The van der Waals surface area contributed by atoms with Crippen molar-refractivity contribution in [3.05, 3.63) is 26.9 Å². The van der Waals surface area contributed by atoms with Crippen LogP contribution in [0.1, 0.15) is 35.2 Å². The van der Waals surface area contributed by atoms with Gasteiger partial charge in [0.05, 0.1) is 5.69 Å². The molecule has 2 aromatic heterocycles. The third-order valence-electron chi connectivity index (χ3n) is 2.90. The number of rotatable bonds is 6. The molecule has 0 aliphatic heterocycles. The van der Waals surface area contributed by atoms with E-state index < -0.39 is 10.0 Å². The maximum Gasteiger partial charge on any atom is 0.264 e. The summed E-state index contributed by atoms with van der Waals surface area (Å²) in [5.41, 5.74) is 0.899. The van der Waals surface area contributed by atoms with Crippen LogP contribution in [0.4, 0.5) is 5.13 Å². The molecule has 0 atom stereocenters. The van der Waals surface area contributed by atoms with Gasteiger partial charge in [0, 0.05) is 21.7 Å². The Hall–Kier alpha value is -0.960. The highest BCUT2D eigenvalue weighted by atomic mass is 32.2. The van der Waals surface area contributed by atoms with Crippen LogP contribution in [0.15, 0.2) is 16.3 Å². The molecule has 2 heterocycles. The van der Waals surface area contributed by atoms with Crippen LogP contribution in [-0.2, 0) is 16.6 Å². The van der Waals surface area contributed by atoms with Gasteiger partial charge in [-0.15, -0.1) is 22.7 Å². The lowest BCUT2D eigenvalue weighted by Gasteiger charge is -2.04. The van der Waals surface area contributed by atoms with Crippen LogP contribution in [-0.4, -0.2) is 20.4 Å². The molecule has 0 amide bonds. The zero-order valence-corrected chi connectivity index (χ0v) is 14.9. The molecule has 0 unspecified atom stereocenters. The molecule has 8 heteroatoms. The van der Waals surface area contributed by atoms with Gasteiger partial charge >= 0.3 is 0 Å². The van der Waals surface area contributed by atoms with Crippen molar-refractivity contribution in [3.63, 3.8) is 0 Å². The van der Waals surface area contributed by atoms with Crippen molar-refractivity contribution in [1.82, 2.24) is 10.3 Å². The van der Waals surface area contributed by atoms with Crippen LogP contribution in [0.3, 0.4) is 0 Å². The Labute approximate surface area is 133 Å². The lowest BCUT2D eigenvalue weighted by Crippen LogP contribution is -2.13. The molecule has 2 N–H and O–H groups in total. The Morgan fingerprint density at radius 2 is 2.10 bits per heavy atom. The average Bonchev–Trinajstić information content (AvgIpc) is 2.96. The molecule has 0 aliphatic carbocycles. The highest BCUT2D eigenvalue weighted by Gasteiger charge is 2.21. The van der Waals surface area contributed by atoms with E-state index in [0.29, 0.717) is 16.6 Å². The monoisotopic (exact) mass is 345 g/mol. The second-order valence-corrected chi connectivity index (χ2v) is 8.85. The minimum atomic E-state index is -3.57. The van der Waals surface area contributed by atoms with E-state index in [-0.39, 0.29) is 5.92 Å². The molecule has 0 spiro atoms. The van der Waals surface area contributed by atoms with Crippen LogP contribution in [0, 0.1) is 6.92 Å². The molecule has 0 saturated carbocycles. The summed E-state index contributed by atoms with van der Waals surface area (Å²) in [6, 6.07) is 1.72. The van der Waals surface area contributed by atoms with Crippen LogP contribution >= 0.6 is 22.7 Å². The smallest absolute Gasteiger partial charge is 0.264 e. The first-order valence-corrected chi connectivity index (χ1v) is 9.73. The fraction of sp³-hybridized carbons (Fsp3) is 0.462. The van der Waals surface area contributed by atoms with Crippen LogP contribution in [0.25, 0.3) is 0 Å². The normalized spacial score (nSPS) is 12.0. The van der Waals surface area contributed by atoms with E-state index in [1.165, 1.54) is 22.7 Å². The lowest BCUT2D eigenvalue weighted by molar-refractivity contribution is 0.601. The molecule has 0 aliphatic rings. The number of hydrogen-bond acceptors (Lipinski definition) is 6. The van der Waals surface area contributed by atoms with E-state index in [9.17, 15) is 8.42 Å². The molecule has 0 saturated heterocycles. The van der Waals surface area contributed by atoms with Gasteiger partial charge in [-0.2, -0.15) is 0 Å². The largest absolute Gasteiger partial charge is 0.315 e. The Bertz CT molecular complexity index is 717. The first-order chi connectivity index (χ1) is 9.83. The Morgan fingerprint density at radius 3 is 2.67 bits per heavy atom. The summed E-state index contributed by atoms with van der Waals surface area (Å²) in [6.45, 7) is 6.54. The van der Waals surface area contributed by atoms with E-state index in [2.05, 4.69) is 15.0 Å². The topological polar surface area (TPSA) is 71.1 Å². The van der Waals surface area contributed by atoms with Gasteiger partial charge in [-0.25, -0.2) is 13.4 Å². The number of thiophene rings is 1. The standard InChI is InChI=1S/C13H19N3O2S3/c1-8(2)11-7-19-13(15-11)16-21(17,18)12-5-10(6-14-4)20-9(12)3/h5,7-8,14H,6H2,1-4H3,(H,15,16). The molecule has 21 heavy (non-hydrogen) atoms. The fourth-order valence-electron chi connectivity index (χ4n) is 1.82. The van der Waals surface area contributed by atoms with E-state index in [1.54, 1.807) is 6.07 Å². The second-order valence-electron chi connectivity index (χ2n) is 5.00. The van der Waals surface area contributed by atoms with Crippen LogP contribution in [0.5, 0.6) is 0 Å². The average molecular weight is 346 g/mol. The van der Waals surface area contributed by atoms with Crippen LogP contribution in [0.2, 0.25) is 0 Å². The van der Waals surface area contributed by atoms with Gasteiger partial charge in [-0.05, 0) is 26.0 Å². The highest BCUT2D eigenvalue weighted by Crippen LogP contribution is 2.29. The third kappa shape index (κ3) is 3.82. The summed E-state index contributed by atoms with van der Waals surface area (Å²) in [6.07, 6.45) is 0. The fourth-order valence-corrected chi connectivity index (χ4v) is 5.59. The molecule has 2 rings (SSSR count). The maximum atomic E-state index is 12.5. The van der Waals surface area contributed by atoms with Gasteiger partial charge in [-0.3, -0.25) is 4.72 Å². The van der Waals surface area contributed by atoms with Gasteiger partial charge in [0.2, 0.25) is 0 Å². The van der Waals surface area contributed by atoms with Crippen LogP contribution < -0.4 is 10.0 Å². The number of thiazole rings is 1. The predicted octanol–water partition coefficient (Wildman–Crippen LogP) is 3.16. The molecular formula is C13H19N3O2S3. The number of nitrogens with one attached hydrogen (secondary N) is 2. The van der Waals surface area contributed by atoms with Gasteiger partial charge < -0.3 is 5.32 Å². The van der Waals surface area contributed by atoms with Gasteiger partial charge in [0.1, 0.15) is 4.90 Å². The molecular weight excluding hydrogens is 326 g/mol. The number of aryl methyl sites for hydroxylation is 1. The summed E-state index contributed by atoms with van der Waals surface area (Å²) in [5.74, 6) is 0.282. The first-order valence-electron chi connectivity index (χ1n) is 6.55. The number of hydrogen-bond donors (Lipinski definition) is 2. The Balaban J connectivity index is 2.25. The summed E-state index contributed by atoms with van der Waals surface area (Å²) in [7, 11) is -1.74. The molecule has 0 radical (unpaired) electrons. The van der Waals surface area contributed by atoms with Gasteiger partial charge in [-0.1, -0.05) is 13.8 Å². The lowest BCUT2D eigenvalue weighted by atomic mass is 10.2. The van der Waals surface area contributed by atoms with Gasteiger partial charge in [0.15, 0.2) is 5.13 Å². The zero-order chi connectivity index (χ0) is 15.6. The highest BCUT2D eigenvalue weighted by molar-refractivity contribution is 7.93. The first kappa shape index (κ1) is 16.4. The van der Waals surface area contributed by atoms with Crippen molar-refractivity contribution in [1.29, 1.82) is 0 Å². The third-order valence-corrected chi connectivity index (χ3v) is 6.45. The molecule has 0 aromatic carbocycles. The molecule has 2 aromatic rings. The number of nitrogens with zero attached hydrogens (tertiary/aromatic N) is 1. The number of anilines is 1. The molecule has 0 fully saturated rings. The van der Waals surface area contributed by atoms with Crippen molar-refractivity contribution >= 4 is 37.8 Å². The SMILES string of the molecule is CNCc1cc(S(=O)(=O)Nc2nc(C(C)C)cs2)c(C)s1. The maximum absolute atomic E-state index is 12.5. The van der Waals surface area contributed by atoms with E-state index >= 15 is 0 Å². The Morgan fingerprint density at radius 1 is 1.38 bits per heavy atom.